The zero-order valence-corrected chi connectivity index (χ0v) is 11.4. The number of benzene rings is 1. The number of nitrogens with zero attached hydrogens (tertiary/aromatic N) is 2. The van der Waals surface area contributed by atoms with Gasteiger partial charge in [-0.2, -0.15) is 0 Å². The fourth-order valence-corrected chi connectivity index (χ4v) is 2.81. The Labute approximate surface area is 121 Å². The lowest BCUT2D eigenvalue weighted by Crippen LogP contribution is -2.12. The number of rotatable bonds is 3. The molecule has 0 amide bonds. The van der Waals surface area contributed by atoms with Crippen molar-refractivity contribution < 1.29 is 4.92 Å². The number of nitro groups is 1. The van der Waals surface area contributed by atoms with Crippen LogP contribution in [0.5, 0.6) is 0 Å². The van der Waals surface area contributed by atoms with E-state index in [-0.39, 0.29) is 11.2 Å². The number of nitrogens with one attached hydrogen (secondary N) is 1. The smallest absolute Gasteiger partial charge is 0.270 e. The second-order valence-electron chi connectivity index (χ2n) is 5.31. The molecule has 6 heteroatoms. The molecule has 0 atom stereocenters. The zero-order valence-electron chi connectivity index (χ0n) is 11.4. The topological polar surface area (TPSA) is 88.9 Å². The van der Waals surface area contributed by atoms with Crippen molar-refractivity contribution in [3.63, 3.8) is 0 Å². The van der Waals surface area contributed by atoms with Crippen molar-refractivity contribution in [3.05, 3.63) is 56.5 Å². The Morgan fingerprint density at radius 1 is 1.24 bits per heavy atom. The molecule has 108 valence electrons. The van der Waals surface area contributed by atoms with Gasteiger partial charge in [0, 0.05) is 29.7 Å². The number of aromatic amines is 1. The molecule has 1 fully saturated rings. The van der Waals surface area contributed by atoms with Crippen LogP contribution in [-0.4, -0.2) is 14.9 Å². The summed E-state index contributed by atoms with van der Waals surface area (Å²) in [7, 11) is 0. The first-order valence-electron chi connectivity index (χ1n) is 6.99. The third-order valence-electron chi connectivity index (χ3n) is 3.87. The highest BCUT2D eigenvalue weighted by Crippen LogP contribution is 2.33. The molecule has 1 aliphatic carbocycles. The Balaban J connectivity index is 2.03. The maximum atomic E-state index is 11.8. The first-order chi connectivity index (χ1) is 10.1. The summed E-state index contributed by atoms with van der Waals surface area (Å²) < 4.78 is 0. The van der Waals surface area contributed by atoms with Gasteiger partial charge >= 0.3 is 0 Å². The Bertz CT molecular complexity index is 733. The Kier molecular flexibility index (Phi) is 3.51. The maximum Gasteiger partial charge on any atom is 0.270 e. The summed E-state index contributed by atoms with van der Waals surface area (Å²) in [6.07, 6.45) is 4.41. The van der Waals surface area contributed by atoms with Gasteiger partial charge in [0.2, 0.25) is 0 Å². The molecule has 0 saturated heterocycles. The predicted octanol–water partition coefficient (Wildman–Crippen LogP) is 3.00. The van der Waals surface area contributed by atoms with Crippen molar-refractivity contribution >= 4 is 5.69 Å². The van der Waals surface area contributed by atoms with Gasteiger partial charge in [0.15, 0.2) is 0 Å². The first-order valence-corrected chi connectivity index (χ1v) is 6.99. The van der Waals surface area contributed by atoms with E-state index in [0.717, 1.165) is 31.4 Å². The highest BCUT2D eigenvalue weighted by atomic mass is 16.6. The normalized spacial score (nSPS) is 15.2. The summed E-state index contributed by atoms with van der Waals surface area (Å²) in [5.74, 6) is 0.720. The lowest BCUT2D eigenvalue weighted by atomic mass is 10.0. The van der Waals surface area contributed by atoms with Gasteiger partial charge in [0.25, 0.3) is 11.2 Å². The molecule has 21 heavy (non-hydrogen) atoms. The highest BCUT2D eigenvalue weighted by molar-refractivity contribution is 5.59. The lowest BCUT2D eigenvalue weighted by molar-refractivity contribution is -0.384. The molecule has 1 N–H and O–H groups in total. The number of nitro benzene ring substituents is 1. The molecule has 6 nitrogen and oxygen atoms in total. The minimum Gasteiger partial charge on any atom is -0.307 e. The molecular weight excluding hydrogens is 270 g/mol. The molecule has 0 unspecified atom stereocenters. The minimum absolute atomic E-state index is 0.0126. The van der Waals surface area contributed by atoms with Crippen LogP contribution < -0.4 is 5.56 Å². The molecule has 1 aromatic carbocycles. The largest absolute Gasteiger partial charge is 0.307 e. The quantitative estimate of drug-likeness (QED) is 0.693. The van der Waals surface area contributed by atoms with Crippen LogP contribution in [0, 0.1) is 10.1 Å². The van der Waals surface area contributed by atoms with Crippen LogP contribution in [-0.2, 0) is 0 Å². The van der Waals surface area contributed by atoms with E-state index in [0.29, 0.717) is 17.3 Å². The summed E-state index contributed by atoms with van der Waals surface area (Å²) in [6, 6.07) is 7.69. The van der Waals surface area contributed by atoms with Crippen LogP contribution in [0.1, 0.15) is 37.3 Å². The predicted molar refractivity (Wildman–Crippen MR) is 78.2 cm³/mol. The van der Waals surface area contributed by atoms with Crippen molar-refractivity contribution in [2.45, 2.75) is 31.6 Å². The van der Waals surface area contributed by atoms with Gasteiger partial charge in [-0.05, 0) is 12.8 Å². The number of hydrogen-bond acceptors (Lipinski definition) is 4. The summed E-state index contributed by atoms with van der Waals surface area (Å²) in [5.41, 5.74) is 1.12. The van der Waals surface area contributed by atoms with E-state index < -0.39 is 4.92 Å². The van der Waals surface area contributed by atoms with Crippen LogP contribution >= 0.6 is 0 Å². The monoisotopic (exact) mass is 285 g/mol. The van der Waals surface area contributed by atoms with Gasteiger partial charge in [-0.3, -0.25) is 14.9 Å². The Morgan fingerprint density at radius 2 is 2.00 bits per heavy atom. The van der Waals surface area contributed by atoms with Crippen molar-refractivity contribution in [2.75, 3.05) is 0 Å². The van der Waals surface area contributed by atoms with E-state index >= 15 is 0 Å². The van der Waals surface area contributed by atoms with Crippen molar-refractivity contribution in [1.82, 2.24) is 9.97 Å². The molecule has 1 aromatic heterocycles. The van der Waals surface area contributed by atoms with Crippen LogP contribution in [0.4, 0.5) is 5.69 Å². The minimum atomic E-state index is -0.456. The van der Waals surface area contributed by atoms with Crippen molar-refractivity contribution in [1.29, 1.82) is 0 Å². The molecular formula is C15H15N3O3. The summed E-state index contributed by atoms with van der Waals surface area (Å²) in [5, 5.41) is 10.8. The molecule has 0 radical (unpaired) electrons. The molecule has 1 heterocycles. The number of hydrogen-bond donors (Lipinski definition) is 1. The summed E-state index contributed by atoms with van der Waals surface area (Å²) >= 11 is 0. The Morgan fingerprint density at radius 3 is 2.71 bits per heavy atom. The molecule has 0 bridgehead atoms. The van der Waals surface area contributed by atoms with E-state index in [1.165, 1.54) is 18.2 Å². The van der Waals surface area contributed by atoms with Crippen LogP contribution in [0.3, 0.4) is 0 Å². The number of non-ortho nitro benzene ring substituents is 1. The second kappa shape index (κ2) is 5.47. The van der Waals surface area contributed by atoms with Gasteiger partial charge in [-0.15, -0.1) is 0 Å². The molecule has 2 aromatic rings. The molecule has 0 aliphatic heterocycles. The average Bonchev–Trinajstić information content (AvgIpc) is 3.01. The van der Waals surface area contributed by atoms with Crippen LogP contribution in [0.25, 0.3) is 11.4 Å². The third-order valence-corrected chi connectivity index (χ3v) is 3.87. The van der Waals surface area contributed by atoms with E-state index in [1.54, 1.807) is 12.1 Å². The zero-order chi connectivity index (χ0) is 14.8. The number of H-pyrrole nitrogens is 1. The van der Waals surface area contributed by atoms with Crippen molar-refractivity contribution in [2.24, 2.45) is 0 Å². The van der Waals surface area contributed by atoms with Gasteiger partial charge in [-0.25, -0.2) is 4.98 Å². The summed E-state index contributed by atoms with van der Waals surface area (Å²) in [4.78, 5) is 29.4. The average molecular weight is 285 g/mol. The van der Waals surface area contributed by atoms with Crippen LogP contribution in [0.15, 0.2) is 35.1 Å². The molecule has 3 rings (SSSR count). The van der Waals surface area contributed by atoms with Gasteiger partial charge in [0.1, 0.15) is 5.82 Å². The standard InChI is InChI=1S/C15H15N3O3/c19-14-9-13(10-4-1-2-5-10)16-15(17-14)11-6-3-7-12(8-11)18(20)21/h3,6-10H,1-2,4-5H2,(H,16,17,19). The first kappa shape index (κ1) is 13.5. The van der Waals surface area contributed by atoms with Gasteiger partial charge in [0.05, 0.1) is 10.6 Å². The molecule has 1 saturated carbocycles. The SMILES string of the molecule is O=c1cc(C2CCCC2)nc(-c2cccc([N+](=O)[O-])c2)[nH]1. The second-order valence-corrected chi connectivity index (χ2v) is 5.31. The maximum absolute atomic E-state index is 11.8. The fraction of sp³-hybridized carbons (Fsp3) is 0.333. The van der Waals surface area contributed by atoms with Crippen molar-refractivity contribution in [3.8, 4) is 11.4 Å². The Hall–Kier alpha value is -2.50. The third kappa shape index (κ3) is 2.84. The van der Waals surface area contributed by atoms with E-state index in [4.69, 9.17) is 0 Å². The van der Waals surface area contributed by atoms with E-state index in [1.807, 2.05) is 0 Å². The fourth-order valence-electron chi connectivity index (χ4n) is 2.81. The van der Waals surface area contributed by atoms with E-state index in [9.17, 15) is 14.9 Å². The highest BCUT2D eigenvalue weighted by Gasteiger charge is 2.20. The molecule has 0 spiro atoms. The van der Waals surface area contributed by atoms with Gasteiger partial charge < -0.3 is 4.98 Å². The lowest BCUT2D eigenvalue weighted by Gasteiger charge is -2.09. The van der Waals surface area contributed by atoms with Gasteiger partial charge in [-0.1, -0.05) is 25.0 Å². The van der Waals surface area contributed by atoms with E-state index in [2.05, 4.69) is 9.97 Å². The number of aromatic nitrogens is 2. The molecule has 1 aliphatic rings. The summed E-state index contributed by atoms with van der Waals surface area (Å²) in [6.45, 7) is 0. The van der Waals surface area contributed by atoms with Crippen LogP contribution in [0.2, 0.25) is 0 Å².